The number of rotatable bonds is 2. The molecule has 0 atom stereocenters. The fraction of sp³-hybridized carbons (Fsp3) is 0.455. The summed E-state index contributed by atoms with van der Waals surface area (Å²) in [6.07, 6.45) is 4.01. The third-order valence-corrected chi connectivity index (χ3v) is 4.30. The van der Waals surface area contributed by atoms with Crippen LogP contribution in [0.4, 0.5) is 0 Å². The fourth-order valence-electron chi connectivity index (χ4n) is 2.33. The van der Waals surface area contributed by atoms with E-state index in [1.54, 1.807) is 0 Å². The van der Waals surface area contributed by atoms with Crippen molar-refractivity contribution in [3.63, 3.8) is 0 Å². The first kappa shape index (κ1) is 11.3. The molecule has 0 fully saturated rings. The Labute approximate surface area is 106 Å². The van der Waals surface area contributed by atoms with Crippen molar-refractivity contribution >= 4 is 27.5 Å². The van der Waals surface area contributed by atoms with Crippen LogP contribution in [0.25, 0.3) is 10.2 Å². The highest BCUT2D eigenvalue weighted by Crippen LogP contribution is 2.32. The molecule has 94 valence electrons. The van der Waals surface area contributed by atoms with Crippen molar-refractivity contribution in [2.75, 3.05) is 0 Å². The Morgan fingerprint density at radius 2 is 2.17 bits per heavy atom. The Kier molecular flexibility index (Phi) is 2.62. The van der Waals surface area contributed by atoms with E-state index >= 15 is 0 Å². The van der Waals surface area contributed by atoms with Crippen LogP contribution in [0.5, 0.6) is 0 Å². The molecule has 7 heteroatoms. The lowest BCUT2D eigenvalue weighted by atomic mass is 9.97. The van der Waals surface area contributed by atoms with Crippen molar-refractivity contribution in [1.82, 2.24) is 15.0 Å². The Hall–Kier alpha value is -1.76. The van der Waals surface area contributed by atoms with Gasteiger partial charge in [-0.25, -0.2) is 4.68 Å². The van der Waals surface area contributed by atoms with E-state index in [1.165, 1.54) is 16.2 Å². The Morgan fingerprint density at radius 3 is 2.94 bits per heavy atom. The number of carboxylic acid groups (broad SMARTS) is 1. The standard InChI is InChI=1S/C11H11N3O3S/c15-8(16)5-14-11(17)9-6-3-1-2-4-7(6)18-10(9)12-13-14/h1-5H2,(H,15,16)/p-1. The molecule has 0 bridgehead atoms. The number of aromatic nitrogens is 3. The van der Waals surface area contributed by atoms with Crippen LogP contribution in [0.3, 0.4) is 0 Å². The smallest absolute Gasteiger partial charge is 0.279 e. The molecular weight excluding hydrogens is 254 g/mol. The van der Waals surface area contributed by atoms with Crippen LogP contribution in [0, 0.1) is 0 Å². The van der Waals surface area contributed by atoms with Gasteiger partial charge in [-0.3, -0.25) is 4.79 Å². The number of carbonyl (C=O) groups excluding carboxylic acids is 1. The van der Waals surface area contributed by atoms with Gasteiger partial charge >= 0.3 is 0 Å². The topological polar surface area (TPSA) is 87.9 Å². The van der Waals surface area contributed by atoms with Crippen molar-refractivity contribution in [2.45, 2.75) is 32.2 Å². The van der Waals surface area contributed by atoms with E-state index in [-0.39, 0.29) is 5.56 Å². The molecule has 0 saturated carbocycles. The zero-order valence-electron chi connectivity index (χ0n) is 9.51. The first-order valence-corrected chi connectivity index (χ1v) is 6.56. The molecule has 0 aliphatic heterocycles. The first-order valence-electron chi connectivity index (χ1n) is 5.74. The van der Waals surface area contributed by atoms with Gasteiger partial charge in [0.15, 0.2) is 4.83 Å². The van der Waals surface area contributed by atoms with Crippen molar-refractivity contribution in [3.8, 4) is 0 Å². The van der Waals surface area contributed by atoms with Crippen LogP contribution in [0.1, 0.15) is 23.3 Å². The lowest BCUT2D eigenvalue weighted by Gasteiger charge is -2.10. The van der Waals surface area contributed by atoms with E-state index in [2.05, 4.69) is 10.3 Å². The van der Waals surface area contributed by atoms with E-state index < -0.39 is 12.5 Å². The molecule has 0 radical (unpaired) electrons. The van der Waals surface area contributed by atoms with E-state index in [1.807, 2.05) is 0 Å². The zero-order valence-corrected chi connectivity index (χ0v) is 10.3. The van der Waals surface area contributed by atoms with E-state index in [0.29, 0.717) is 10.2 Å². The summed E-state index contributed by atoms with van der Waals surface area (Å²) in [5.41, 5.74) is 0.664. The van der Waals surface area contributed by atoms with Gasteiger partial charge in [0.2, 0.25) is 0 Å². The summed E-state index contributed by atoms with van der Waals surface area (Å²) in [4.78, 5) is 24.5. The minimum atomic E-state index is -1.34. The summed E-state index contributed by atoms with van der Waals surface area (Å²) in [6, 6.07) is 0. The number of carboxylic acids is 1. The average Bonchev–Trinajstić information content (AvgIpc) is 2.71. The van der Waals surface area contributed by atoms with Crippen LogP contribution in [0.2, 0.25) is 0 Å². The maximum atomic E-state index is 12.2. The molecule has 0 N–H and O–H groups in total. The number of aryl methyl sites for hydroxylation is 2. The molecule has 3 rings (SSSR count). The first-order chi connectivity index (χ1) is 8.66. The van der Waals surface area contributed by atoms with Crippen LogP contribution < -0.4 is 10.7 Å². The molecule has 18 heavy (non-hydrogen) atoms. The van der Waals surface area contributed by atoms with Crippen molar-refractivity contribution < 1.29 is 9.90 Å². The van der Waals surface area contributed by atoms with Gasteiger partial charge in [-0.15, -0.1) is 16.4 Å². The van der Waals surface area contributed by atoms with Gasteiger partial charge in [-0.05, 0) is 31.2 Å². The van der Waals surface area contributed by atoms with Gasteiger partial charge in [0.25, 0.3) is 5.56 Å². The number of carbonyl (C=O) groups is 1. The predicted octanol–water partition coefficient (Wildman–Crippen LogP) is -0.518. The molecular formula is C11H10N3O3S-. The van der Waals surface area contributed by atoms with Gasteiger partial charge < -0.3 is 9.90 Å². The molecule has 1 aliphatic rings. The molecule has 0 amide bonds. The SMILES string of the molecule is O=C([O-])Cn1nnc2sc3c(c2c1=O)CCCC3. The second-order valence-corrected chi connectivity index (χ2v) is 5.40. The minimum absolute atomic E-state index is 0.372. The summed E-state index contributed by atoms with van der Waals surface area (Å²) in [7, 11) is 0. The second kappa shape index (κ2) is 4.16. The lowest BCUT2D eigenvalue weighted by Crippen LogP contribution is -2.34. The third kappa shape index (κ3) is 1.71. The average molecular weight is 264 g/mol. The molecule has 2 heterocycles. The highest BCUT2D eigenvalue weighted by atomic mass is 32.1. The second-order valence-electron chi connectivity index (χ2n) is 4.32. The van der Waals surface area contributed by atoms with Crippen molar-refractivity contribution in [3.05, 3.63) is 20.8 Å². The fourth-order valence-corrected chi connectivity index (χ4v) is 3.53. The predicted molar refractivity (Wildman–Crippen MR) is 63.3 cm³/mol. The molecule has 0 saturated heterocycles. The number of thiophene rings is 1. The monoisotopic (exact) mass is 264 g/mol. The van der Waals surface area contributed by atoms with Crippen LogP contribution in [-0.2, 0) is 24.2 Å². The molecule has 0 spiro atoms. The quantitative estimate of drug-likeness (QED) is 0.728. The maximum Gasteiger partial charge on any atom is 0.279 e. The molecule has 0 aromatic carbocycles. The summed E-state index contributed by atoms with van der Waals surface area (Å²) < 4.78 is 0.860. The number of nitrogens with zero attached hydrogens (tertiary/aromatic N) is 3. The Balaban J connectivity index is 2.24. The highest BCUT2D eigenvalue weighted by molar-refractivity contribution is 7.18. The number of hydrogen-bond acceptors (Lipinski definition) is 6. The molecule has 6 nitrogen and oxygen atoms in total. The van der Waals surface area contributed by atoms with E-state index in [9.17, 15) is 14.7 Å². The zero-order chi connectivity index (χ0) is 12.7. The van der Waals surface area contributed by atoms with Gasteiger partial charge in [-0.1, -0.05) is 5.21 Å². The highest BCUT2D eigenvalue weighted by Gasteiger charge is 2.20. The summed E-state index contributed by atoms with van der Waals surface area (Å²) >= 11 is 1.49. The van der Waals surface area contributed by atoms with Crippen molar-refractivity contribution in [2.24, 2.45) is 0 Å². The number of hydrogen-bond donors (Lipinski definition) is 0. The van der Waals surface area contributed by atoms with Gasteiger partial charge in [-0.2, -0.15) is 0 Å². The number of fused-ring (bicyclic) bond motifs is 3. The summed E-state index contributed by atoms with van der Waals surface area (Å²) in [5.74, 6) is -1.34. The Morgan fingerprint density at radius 1 is 1.39 bits per heavy atom. The molecule has 0 unspecified atom stereocenters. The Bertz CT molecular complexity index is 689. The van der Waals surface area contributed by atoms with Gasteiger partial charge in [0.1, 0.15) is 0 Å². The van der Waals surface area contributed by atoms with Crippen LogP contribution in [-0.4, -0.2) is 21.0 Å². The normalized spacial score (nSPS) is 14.7. The van der Waals surface area contributed by atoms with Crippen LogP contribution in [0.15, 0.2) is 4.79 Å². The molecule has 2 aromatic rings. The van der Waals surface area contributed by atoms with Gasteiger partial charge in [0, 0.05) is 4.88 Å². The third-order valence-electron chi connectivity index (χ3n) is 3.12. The van der Waals surface area contributed by atoms with E-state index in [4.69, 9.17) is 0 Å². The number of aliphatic carboxylic acids is 1. The summed E-state index contributed by atoms with van der Waals surface area (Å²) in [6.45, 7) is -0.549. The molecule has 1 aliphatic carbocycles. The molecule has 2 aromatic heterocycles. The van der Waals surface area contributed by atoms with Gasteiger partial charge in [0.05, 0.1) is 17.9 Å². The maximum absolute atomic E-state index is 12.2. The van der Waals surface area contributed by atoms with Crippen molar-refractivity contribution in [1.29, 1.82) is 0 Å². The van der Waals surface area contributed by atoms with Crippen LogP contribution >= 0.6 is 11.3 Å². The summed E-state index contributed by atoms with van der Waals surface area (Å²) in [5, 5.41) is 18.7. The minimum Gasteiger partial charge on any atom is -0.548 e. The lowest BCUT2D eigenvalue weighted by molar-refractivity contribution is -0.306. The largest absolute Gasteiger partial charge is 0.548 e. The van der Waals surface area contributed by atoms with E-state index in [0.717, 1.165) is 35.9 Å².